The van der Waals surface area contributed by atoms with Crippen LogP contribution in [0.15, 0.2) is 315 Å². The third-order valence-corrected chi connectivity index (χ3v) is 15.0. The predicted octanol–water partition coefficient (Wildman–Crippen LogP) is 21.4. The fraction of sp³-hybridized carbons (Fsp3) is 0.0256. The van der Waals surface area contributed by atoms with Crippen LogP contribution in [-0.2, 0) is 0 Å². The molecule has 0 spiro atoms. The monoisotopic (exact) mass is 1020 g/mol. The van der Waals surface area contributed by atoms with E-state index in [1.165, 1.54) is 66.8 Å². The minimum atomic E-state index is 1.07. The Balaban J connectivity index is 0.869. The van der Waals surface area contributed by atoms with Crippen molar-refractivity contribution in [1.82, 2.24) is 0 Å². The van der Waals surface area contributed by atoms with Crippen molar-refractivity contribution < 1.29 is 0 Å². The Morgan fingerprint density at radius 1 is 0.225 bits per heavy atom. The number of benzene rings is 12. The Kier molecular flexibility index (Phi) is 14.9. The second-order valence-electron chi connectivity index (χ2n) is 20.3. The van der Waals surface area contributed by atoms with E-state index in [1.807, 2.05) is 0 Å². The van der Waals surface area contributed by atoms with Crippen molar-refractivity contribution >= 4 is 57.4 Å². The van der Waals surface area contributed by atoms with Crippen molar-refractivity contribution in [1.29, 1.82) is 0 Å². The van der Waals surface area contributed by atoms with Crippen molar-refractivity contribution in [2.45, 2.75) is 13.8 Å². The Labute approximate surface area is 471 Å². The number of anilines is 6. The van der Waals surface area contributed by atoms with Gasteiger partial charge in [-0.2, -0.15) is 0 Å². The number of rotatable bonds is 15. The van der Waals surface area contributed by atoms with Gasteiger partial charge in [0.1, 0.15) is 0 Å². The van der Waals surface area contributed by atoms with Crippen molar-refractivity contribution in [3.63, 3.8) is 0 Å². The van der Waals surface area contributed by atoms with Crippen LogP contribution in [0.4, 0.5) is 34.1 Å². The van der Waals surface area contributed by atoms with Crippen LogP contribution in [0.5, 0.6) is 0 Å². The number of aryl methyl sites for hydroxylation is 2. The summed E-state index contributed by atoms with van der Waals surface area (Å²) in [5.74, 6) is 0. The van der Waals surface area contributed by atoms with Crippen LogP contribution in [-0.4, -0.2) is 0 Å². The Hall–Kier alpha value is -10.3. The molecule has 0 aromatic heterocycles. The molecule has 0 aliphatic heterocycles. The molecule has 0 amide bonds. The summed E-state index contributed by atoms with van der Waals surface area (Å²) in [5, 5.41) is 0. The molecule has 0 aliphatic carbocycles. The smallest absolute Gasteiger partial charge is 0.0462 e. The van der Waals surface area contributed by atoms with Gasteiger partial charge in [-0.3, -0.25) is 0 Å². The van der Waals surface area contributed by atoms with Crippen LogP contribution >= 0.6 is 0 Å². The summed E-state index contributed by atoms with van der Waals surface area (Å²) < 4.78 is 0. The molecule has 2 nitrogen and oxygen atoms in total. The van der Waals surface area contributed by atoms with E-state index in [0.717, 1.165) is 56.4 Å². The van der Waals surface area contributed by atoms with Gasteiger partial charge in [-0.05, 0) is 188 Å². The molecule has 0 atom stereocenters. The molecule has 0 radical (unpaired) electrons. The fourth-order valence-electron chi connectivity index (χ4n) is 10.8. The van der Waals surface area contributed by atoms with E-state index in [0.29, 0.717) is 0 Å². The normalized spacial score (nSPS) is 10.9. The first kappa shape index (κ1) is 50.5. The third kappa shape index (κ3) is 11.2. The lowest BCUT2D eigenvalue weighted by molar-refractivity contribution is 1.28. The van der Waals surface area contributed by atoms with Gasteiger partial charge in [-0.25, -0.2) is 0 Å². The number of hydrogen-bond acceptors (Lipinski definition) is 2. The Morgan fingerprint density at radius 2 is 0.450 bits per heavy atom. The second-order valence-corrected chi connectivity index (χ2v) is 20.3. The topological polar surface area (TPSA) is 6.48 Å². The van der Waals surface area contributed by atoms with E-state index in [2.05, 4.69) is 351 Å². The standard InChI is InChI=1S/C78H60N2/c1-57-19-15-17-29-75(57)67-39-51-73(52-40-67)79(69-43-31-59(32-44-69)55-77(63-21-7-3-8-22-63)64-23-9-4-10-24-64)71-47-35-61(36-48-71)62-37-49-72(50-38-62)80(74-53-41-68(42-54-74)76-30-18-16-20-58(76)2)70-45-33-60(34-46-70)56-78(65-25-11-5-12-26-65)66-27-13-6-14-28-66/h3-56H,1-2H3. The van der Waals surface area contributed by atoms with Crippen LogP contribution in [0.3, 0.4) is 0 Å². The van der Waals surface area contributed by atoms with E-state index in [9.17, 15) is 0 Å². The van der Waals surface area contributed by atoms with Crippen molar-refractivity contribution in [3.8, 4) is 33.4 Å². The lowest BCUT2D eigenvalue weighted by Crippen LogP contribution is -2.10. The summed E-state index contributed by atoms with van der Waals surface area (Å²) in [6.45, 7) is 4.35. The number of hydrogen-bond donors (Lipinski definition) is 0. The SMILES string of the molecule is Cc1ccccc1-c1ccc(N(c2ccc(C=C(c3ccccc3)c3ccccc3)cc2)c2ccc(-c3ccc(N(c4ccc(C=C(c5ccccc5)c5ccccc5)cc4)c4ccc(-c5ccccc5C)cc4)cc3)cc2)cc1. The highest BCUT2D eigenvalue weighted by Gasteiger charge is 2.17. The average molecular weight is 1030 g/mol. The predicted molar refractivity (Wildman–Crippen MR) is 341 cm³/mol. The lowest BCUT2D eigenvalue weighted by atomic mass is 9.95. The highest BCUT2D eigenvalue weighted by Crippen LogP contribution is 2.41. The quantitative estimate of drug-likeness (QED) is 0.0944. The highest BCUT2D eigenvalue weighted by molar-refractivity contribution is 5.93. The first-order valence-corrected chi connectivity index (χ1v) is 27.5. The van der Waals surface area contributed by atoms with E-state index in [-0.39, 0.29) is 0 Å². The summed E-state index contributed by atoms with van der Waals surface area (Å²) in [4.78, 5) is 4.70. The summed E-state index contributed by atoms with van der Waals surface area (Å²) in [7, 11) is 0. The zero-order chi connectivity index (χ0) is 54.0. The van der Waals surface area contributed by atoms with Crippen LogP contribution in [0, 0.1) is 13.8 Å². The van der Waals surface area contributed by atoms with Crippen LogP contribution in [0.2, 0.25) is 0 Å². The second kappa shape index (κ2) is 23.5. The molecular formula is C78H60N2. The zero-order valence-electron chi connectivity index (χ0n) is 45.1. The Bertz CT molecular complexity index is 3680. The molecular weight excluding hydrogens is 965 g/mol. The molecule has 0 aliphatic rings. The first-order valence-electron chi connectivity index (χ1n) is 27.5. The molecule has 12 aromatic rings. The minimum absolute atomic E-state index is 1.07. The van der Waals surface area contributed by atoms with Gasteiger partial charge < -0.3 is 9.80 Å². The Morgan fingerprint density at radius 3 is 0.713 bits per heavy atom. The fourth-order valence-corrected chi connectivity index (χ4v) is 10.8. The molecule has 80 heavy (non-hydrogen) atoms. The summed E-state index contributed by atoms with van der Waals surface area (Å²) in [6.07, 6.45) is 4.58. The summed E-state index contributed by atoms with van der Waals surface area (Å²) in [5.41, 5.74) is 25.5. The molecule has 382 valence electrons. The van der Waals surface area contributed by atoms with Gasteiger partial charge in [0.25, 0.3) is 0 Å². The van der Waals surface area contributed by atoms with E-state index in [4.69, 9.17) is 0 Å². The van der Waals surface area contributed by atoms with E-state index >= 15 is 0 Å². The molecule has 0 saturated carbocycles. The van der Waals surface area contributed by atoms with Crippen molar-refractivity contribution in [2.75, 3.05) is 9.80 Å². The van der Waals surface area contributed by atoms with Crippen molar-refractivity contribution in [3.05, 3.63) is 360 Å². The molecule has 0 bridgehead atoms. The zero-order valence-corrected chi connectivity index (χ0v) is 45.1. The molecule has 12 rings (SSSR count). The van der Waals surface area contributed by atoms with Gasteiger partial charge in [-0.1, -0.05) is 243 Å². The van der Waals surface area contributed by atoms with Gasteiger partial charge in [0.2, 0.25) is 0 Å². The third-order valence-electron chi connectivity index (χ3n) is 15.0. The molecule has 0 fully saturated rings. The molecule has 0 unspecified atom stereocenters. The maximum absolute atomic E-state index is 2.35. The number of nitrogens with zero attached hydrogens (tertiary/aromatic N) is 2. The molecule has 2 heteroatoms. The van der Waals surface area contributed by atoms with Gasteiger partial charge in [0, 0.05) is 34.1 Å². The molecule has 0 N–H and O–H groups in total. The maximum atomic E-state index is 2.35. The lowest BCUT2D eigenvalue weighted by Gasteiger charge is -2.27. The minimum Gasteiger partial charge on any atom is -0.311 e. The van der Waals surface area contributed by atoms with E-state index < -0.39 is 0 Å². The summed E-state index contributed by atoms with van der Waals surface area (Å²) in [6, 6.07) is 114. The summed E-state index contributed by atoms with van der Waals surface area (Å²) >= 11 is 0. The molecule has 0 heterocycles. The maximum Gasteiger partial charge on any atom is 0.0462 e. The van der Waals surface area contributed by atoms with Gasteiger partial charge in [-0.15, -0.1) is 0 Å². The van der Waals surface area contributed by atoms with Crippen LogP contribution in [0.25, 0.3) is 56.7 Å². The van der Waals surface area contributed by atoms with Crippen LogP contribution < -0.4 is 9.80 Å². The van der Waals surface area contributed by atoms with Gasteiger partial charge in [0.15, 0.2) is 0 Å². The molecule has 12 aromatic carbocycles. The van der Waals surface area contributed by atoms with Crippen molar-refractivity contribution in [2.24, 2.45) is 0 Å². The molecule has 0 saturated heterocycles. The van der Waals surface area contributed by atoms with Gasteiger partial charge >= 0.3 is 0 Å². The van der Waals surface area contributed by atoms with Crippen LogP contribution in [0.1, 0.15) is 44.5 Å². The van der Waals surface area contributed by atoms with Gasteiger partial charge in [0.05, 0.1) is 0 Å². The average Bonchev–Trinajstić information content (AvgIpc) is 3.63. The first-order chi connectivity index (χ1) is 39.5. The van der Waals surface area contributed by atoms with E-state index in [1.54, 1.807) is 0 Å². The largest absolute Gasteiger partial charge is 0.311 e. The highest BCUT2D eigenvalue weighted by atomic mass is 15.1.